The molecule has 132 valence electrons. The number of rotatable bonds is 12. The minimum atomic E-state index is -2.14. The molecule has 0 aliphatic rings. The van der Waals surface area contributed by atoms with E-state index in [1.165, 1.54) is 64.2 Å². The molecule has 5 nitrogen and oxygen atoms in total. The SMILES string of the molecule is CCCCCCCCCCCC.CCCC[N+]([O-])(O)O.O. The Labute approximate surface area is 131 Å². The highest BCUT2D eigenvalue weighted by Crippen LogP contribution is 2.09. The molecule has 0 unspecified atom stereocenters. The molecule has 0 amide bonds. The van der Waals surface area contributed by atoms with Gasteiger partial charge in [-0.2, -0.15) is 10.4 Å². The lowest BCUT2D eigenvalue weighted by atomic mass is 10.1. The van der Waals surface area contributed by atoms with Gasteiger partial charge in [0.15, 0.2) is 0 Å². The maximum absolute atomic E-state index is 9.91. The molecule has 5 heteroatoms. The minimum absolute atomic E-state index is 0. The summed E-state index contributed by atoms with van der Waals surface area (Å²) in [6.45, 7) is 6.29. The van der Waals surface area contributed by atoms with E-state index < -0.39 is 4.97 Å². The van der Waals surface area contributed by atoms with Crippen molar-refractivity contribution in [3.05, 3.63) is 5.21 Å². The molecule has 0 aliphatic carbocycles. The third-order valence-corrected chi connectivity index (χ3v) is 3.26. The number of hydroxylamine groups is 3. The number of hydrogen-bond donors (Lipinski definition) is 2. The van der Waals surface area contributed by atoms with E-state index in [0.29, 0.717) is 6.42 Å². The van der Waals surface area contributed by atoms with Crippen LogP contribution in [0.25, 0.3) is 0 Å². The Morgan fingerprint density at radius 2 is 0.905 bits per heavy atom. The zero-order valence-corrected chi connectivity index (χ0v) is 14.4. The van der Waals surface area contributed by atoms with Crippen molar-refractivity contribution in [3.8, 4) is 0 Å². The van der Waals surface area contributed by atoms with Gasteiger partial charge in [0.25, 0.3) is 0 Å². The van der Waals surface area contributed by atoms with Crippen LogP contribution in [-0.4, -0.2) is 27.4 Å². The fraction of sp³-hybridized carbons (Fsp3) is 1.00. The fourth-order valence-electron chi connectivity index (χ4n) is 1.92. The number of quaternary nitrogens is 1. The lowest BCUT2D eigenvalue weighted by Crippen LogP contribution is -2.34. The van der Waals surface area contributed by atoms with Gasteiger partial charge in [-0.1, -0.05) is 96.4 Å². The Morgan fingerprint density at radius 3 is 1.10 bits per heavy atom. The van der Waals surface area contributed by atoms with Gasteiger partial charge in [-0.05, 0) is 0 Å². The average Bonchev–Trinajstić information content (AvgIpc) is 2.39. The summed E-state index contributed by atoms with van der Waals surface area (Å²) in [5, 5.41) is 26.1. The maximum Gasteiger partial charge on any atom is 0.142 e. The van der Waals surface area contributed by atoms with Gasteiger partial charge < -0.3 is 10.7 Å². The van der Waals surface area contributed by atoms with Gasteiger partial charge >= 0.3 is 0 Å². The second-order valence-electron chi connectivity index (χ2n) is 5.57. The van der Waals surface area contributed by atoms with E-state index in [1.54, 1.807) is 0 Å². The third kappa shape index (κ3) is 32.9. The smallest absolute Gasteiger partial charge is 0.142 e. The van der Waals surface area contributed by atoms with Gasteiger partial charge in [0.2, 0.25) is 0 Å². The summed E-state index contributed by atoms with van der Waals surface area (Å²) in [6.07, 6.45) is 15.8. The van der Waals surface area contributed by atoms with Crippen molar-refractivity contribution in [1.82, 2.24) is 0 Å². The van der Waals surface area contributed by atoms with Gasteiger partial charge in [0.1, 0.15) is 6.54 Å². The van der Waals surface area contributed by atoms with Crippen LogP contribution in [-0.2, 0) is 0 Å². The van der Waals surface area contributed by atoms with Gasteiger partial charge in [-0.3, -0.25) is 0 Å². The number of hydrogen-bond acceptors (Lipinski definition) is 3. The first-order valence-corrected chi connectivity index (χ1v) is 8.52. The fourth-order valence-corrected chi connectivity index (χ4v) is 1.92. The Balaban J connectivity index is -0.000000317. The topological polar surface area (TPSA) is 95.0 Å². The standard InChI is InChI=1S/C12H26.C4H11NO3.H2O/c1-3-5-7-9-11-12-10-8-6-4-2;1-2-3-4-5(6,7)8;/h3-12H2,1-2H3;6-7H,2-4H2,1H3;1H2. The highest BCUT2D eigenvalue weighted by atomic mass is 17.1. The van der Waals surface area contributed by atoms with Gasteiger partial charge in [0.05, 0.1) is 0 Å². The van der Waals surface area contributed by atoms with Crippen LogP contribution < -0.4 is 0 Å². The summed E-state index contributed by atoms with van der Waals surface area (Å²) in [4.78, 5) is -2.14. The predicted octanol–water partition coefficient (Wildman–Crippen LogP) is 4.98. The van der Waals surface area contributed by atoms with Crippen LogP contribution in [0.3, 0.4) is 0 Å². The molecule has 0 saturated carbocycles. The zero-order valence-electron chi connectivity index (χ0n) is 14.4. The first-order valence-electron chi connectivity index (χ1n) is 8.52. The van der Waals surface area contributed by atoms with Gasteiger partial charge in [0, 0.05) is 6.42 Å². The van der Waals surface area contributed by atoms with E-state index in [-0.39, 0.29) is 12.0 Å². The van der Waals surface area contributed by atoms with E-state index in [9.17, 15) is 5.21 Å². The summed E-state index contributed by atoms with van der Waals surface area (Å²) in [7, 11) is 0. The van der Waals surface area contributed by atoms with E-state index in [1.807, 2.05) is 6.92 Å². The van der Waals surface area contributed by atoms with Crippen LogP contribution in [0.15, 0.2) is 0 Å². The van der Waals surface area contributed by atoms with E-state index in [0.717, 1.165) is 6.42 Å². The molecule has 0 aromatic heterocycles. The zero-order chi connectivity index (χ0) is 15.7. The van der Waals surface area contributed by atoms with E-state index >= 15 is 0 Å². The Bertz CT molecular complexity index is 162. The number of unbranched alkanes of at least 4 members (excludes halogenated alkanes) is 10. The third-order valence-electron chi connectivity index (χ3n) is 3.26. The van der Waals surface area contributed by atoms with Gasteiger partial charge in [-0.25, -0.2) is 0 Å². The van der Waals surface area contributed by atoms with Crippen molar-refractivity contribution in [2.75, 3.05) is 6.54 Å². The Hall–Kier alpha value is -0.200. The molecule has 21 heavy (non-hydrogen) atoms. The van der Waals surface area contributed by atoms with Crippen LogP contribution in [0.5, 0.6) is 0 Å². The number of nitrogens with zero attached hydrogens (tertiary/aromatic N) is 1. The van der Waals surface area contributed by atoms with E-state index in [2.05, 4.69) is 13.8 Å². The molecule has 0 fully saturated rings. The van der Waals surface area contributed by atoms with Crippen molar-refractivity contribution in [3.63, 3.8) is 0 Å². The highest BCUT2D eigenvalue weighted by molar-refractivity contribution is 4.45. The molecule has 0 atom stereocenters. The average molecular weight is 309 g/mol. The second-order valence-corrected chi connectivity index (χ2v) is 5.57. The van der Waals surface area contributed by atoms with Gasteiger partial charge in [-0.15, -0.1) is 0 Å². The molecular weight excluding hydrogens is 270 g/mol. The molecule has 0 spiro atoms. The summed E-state index contributed by atoms with van der Waals surface area (Å²) < 4.78 is 0. The van der Waals surface area contributed by atoms with Crippen molar-refractivity contribution in [1.29, 1.82) is 0 Å². The van der Waals surface area contributed by atoms with Crippen molar-refractivity contribution in [2.24, 2.45) is 0 Å². The highest BCUT2D eigenvalue weighted by Gasteiger charge is 2.05. The molecule has 0 rings (SSSR count). The summed E-state index contributed by atoms with van der Waals surface area (Å²) in [5.74, 6) is 0. The molecule has 0 bridgehead atoms. The van der Waals surface area contributed by atoms with Crippen molar-refractivity contribution < 1.29 is 20.9 Å². The molecule has 0 aliphatic heterocycles. The minimum Gasteiger partial charge on any atom is -0.564 e. The van der Waals surface area contributed by atoms with Crippen LogP contribution >= 0.6 is 0 Å². The molecule has 0 radical (unpaired) electrons. The second kappa shape index (κ2) is 19.8. The normalized spacial score (nSPS) is 10.6. The molecule has 4 N–H and O–H groups in total. The molecule has 0 aromatic rings. The summed E-state index contributed by atoms with van der Waals surface area (Å²) >= 11 is 0. The van der Waals surface area contributed by atoms with E-state index in [4.69, 9.17) is 10.4 Å². The molecule has 0 aromatic carbocycles. The van der Waals surface area contributed by atoms with Crippen LogP contribution in [0.1, 0.15) is 97.8 Å². The van der Waals surface area contributed by atoms with Crippen molar-refractivity contribution >= 4 is 0 Å². The quantitative estimate of drug-likeness (QED) is 0.302. The lowest BCUT2D eigenvalue weighted by molar-refractivity contribution is -1.21. The van der Waals surface area contributed by atoms with Crippen LogP contribution in [0.4, 0.5) is 0 Å². The van der Waals surface area contributed by atoms with Crippen molar-refractivity contribution in [2.45, 2.75) is 97.8 Å². The molecular formula is C16H39NO4. The first-order chi connectivity index (χ1) is 9.47. The summed E-state index contributed by atoms with van der Waals surface area (Å²) in [5.41, 5.74) is 0. The molecule has 0 saturated heterocycles. The Kier molecular flexibility index (Phi) is 24.3. The predicted molar refractivity (Wildman–Crippen MR) is 88.1 cm³/mol. The lowest BCUT2D eigenvalue weighted by Gasteiger charge is -2.22. The van der Waals surface area contributed by atoms with Crippen LogP contribution in [0.2, 0.25) is 0 Å². The maximum atomic E-state index is 9.91. The Morgan fingerprint density at radius 1 is 0.619 bits per heavy atom. The monoisotopic (exact) mass is 309 g/mol. The first kappa shape index (κ1) is 25.7. The van der Waals surface area contributed by atoms with Crippen LogP contribution in [0, 0.1) is 5.21 Å². The molecule has 0 heterocycles. The summed E-state index contributed by atoms with van der Waals surface area (Å²) in [6, 6.07) is 0. The largest absolute Gasteiger partial charge is 0.564 e.